The van der Waals surface area contributed by atoms with Crippen LogP contribution in [0.15, 0.2) is 18.7 Å². The Morgan fingerprint density at radius 2 is 2.20 bits per heavy atom. The predicted molar refractivity (Wildman–Crippen MR) is 99.8 cm³/mol. The van der Waals surface area contributed by atoms with Crippen molar-refractivity contribution >= 4 is 16.9 Å². The van der Waals surface area contributed by atoms with Crippen LogP contribution in [-0.4, -0.2) is 12.4 Å². The molecule has 1 aromatic heterocycles. The van der Waals surface area contributed by atoms with Crippen molar-refractivity contribution in [2.75, 3.05) is 0 Å². The van der Waals surface area contributed by atoms with Crippen LogP contribution in [0.25, 0.3) is 5.57 Å². The van der Waals surface area contributed by atoms with Gasteiger partial charge in [0.1, 0.15) is 6.07 Å². The van der Waals surface area contributed by atoms with Gasteiger partial charge in [-0.3, -0.25) is 0 Å². The van der Waals surface area contributed by atoms with Crippen LogP contribution in [0.3, 0.4) is 0 Å². The lowest BCUT2D eigenvalue weighted by molar-refractivity contribution is -0.177. The molecule has 2 bridgehead atoms. The molecule has 2 heterocycles. The first-order valence-corrected chi connectivity index (χ1v) is 10.1. The maximum Gasteiger partial charge on any atom is 0.181 e. The van der Waals surface area contributed by atoms with E-state index in [0.717, 1.165) is 21.7 Å². The summed E-state index contributed by atoms with van der Waals surface area (Å²) < 4.78 is 12.5. The summed E-state index contributed by atoms with van der Waals surface area (Å²) in [4.78, 5) is 2.05. The smallest absolute Gasteiger partial charge is 0.181 e. The van der Waals surface area contributed by atoms with E-state index in [4.69, 9.17) is 9.47 Å². The van der Waals surface area contributed by atoms with Crippen LogP contribution in [0.5, 0.6) is 0 Å². The van der Waals surface area contributed by atoms with Crippen molar-refractivity contribution < 1.29 is 9.47 Å². The Kier molecular flexibility index (Phi) is 3.92. The van der Waals surface area contributed by atoms with Crippen molar-refractivity contribution in [3.63, 3.8) is 0 Å². The number of nitriles is 1. The van der Waals surface area contributed by atoms with Gasteiger partial charge in [0.15, 0.2) is 12.4 Å². The molecule has 0 aromatic carbocycles. The van der Waals surface area contributed by atoms with E-state index < -0.39 is 6.10 Å². The second-order valence-corrected chi connectivity index (χ2v) is 9.91. The van der Waals surface area contributed by atoms with Crippen molar-refractivity contribution in [3.05, 3.63) is 28.5 Å². The van der Waals surface area contributed by atoms with Gasteiger partial charge in [-0.2, -0.15) is 5.26 Å². The van der Waals surface area contributed by atoms with E-state index in [1.807, 2.05) is 19.1 Å². The molecule has 0 unspecified atom stereocenters. The first-order valence-electron chi connectivity index (χ1n) is 9.24. The van der Waals surface area contributed by atoms with E-state index in [2.05, 4.69) is 33.4 Å². The SMILES string of the molecule is C=C(C)c1ccc([C@H](C#N)O[C@@H]2C[C@H]3[C@H]4CC[C@@](C)([C@H]3O2)C4(C)C)s1. The standard InChI is InChI=1S/C21H27NO2S/c1-12(2)16-6-7-17(25-16)15(11-22)23-18-10-13-14-8-9-21(5,19(13)24-18)20(14,3)4/h6-7,13-15,18-19H,1,8-10H2,2-5H3/t13-,14+,15-,18-,19-,21-/m0/s1. The number of nitrogens with zero attached hydrogens (tertiary/aromatic N) is 1. The molecule has 0 amide bonds. The lowest BCUT2D eigenvalue weighted by atomic mass is 9.70. The molecule has 6 atom stereocenters. The molecule has 0 spiro atoms. The fourth-order valence-electron chi connectivity index (χ4n) is 5.61. The fourth-order valence-corrected chi connectivity index (χ4v) is 6.52. The van der Waals surface area contributed by atoms with Crippen molar-refractivity contribution in [1.82, 2.24) is 0 Å². The van der Waals surface area contributed by atoms with Crippen molar-refractivity contribution in [2.24, 2.45) is 22.7 Å². The van der Waals surface area contributed by atoms with Crippen LogP contribution in [0.1, 0.15) is 62.8 Å². The zero-order valence-electron chi connectivity index (χ0n) is 15.5. The molecular weight excluding hydrogens is 330 g/mol. The maximum atomic E-state index is 9.59. The highest BCUT2D eigenvalue weighted by Crippen LogP contribution is 2.71. The van der Waals surface area contributed by atoms with Crippen LogP contribution in [0.4, 0.5) is 0 Å². The largest absolute Gasteiger partial charge is 0.348 e. The number of hydrogen-bond acceptors (Lipinski definition) is 4. The summed E-state index contributed by atoms with van der Waals surface area (Å²) in [6.45, 7) is 13.2. The summed E-state index contributed by atoms with van der Waals surface area (Å²) in [6, 6.07) is 6.30. The molecule has 1 saturated heterocycles. The van der Waals surface area contributed by atoms with Gasteiger partial charge in [-0.05, 0) is 60.1 Å². The molecule has 3 nitrogen and oxygen atoms in total. The van der Waals surface area contributed by atoms with Gasteiger partial charge in [0.05, 0.1) is 6.10 Å². The molecule has 4 rings (SSSR count). The fraction of sp³-hybridized carbons (Fsp3) is 0.667. The van der Waals surface area contributed by atoms with Crippen molar-refractivity contribution in [3.8, 4) is 6.07 Å². The molecule has 25 heavy (non-hydrogen) atoms. The third-order valence-corrected chi connectivity index (χ3v) is 8.67. The van der Waals surface area contributed by atoms with E-state index in [-0.39, 0.29) is 17.8 Å². The van der Waals surface area contributed by atoms with E-state index >= 15 is 0 Å². The van der Waals surface area contributed by atoms with E-state index in [9.17, 15) is 5.26 Å². The number of hydrogen-bond donors (Lipinski definition) is 0. The zero-order chi connectivity index (χ0) is 18.0. The number of allylic oxidation sites excluding steroid dienone is 1. The first kappa shape index (κ1) is 17.3. The minimum atomic E-state index is -0.555. The third-order valence-electron chi connectivity index (χ3n) is 7.38. The Hall–Kier alpha value is -1.15. The quantitative estimate of drug-likeness (QED) is 0.709. The average Bonchev–Trinajstić information content (AvgIpc) is 3.26. The Labute approximate surface area is 154 Å². The van der Waals surface area contributed by atoms with Crippen LogP contribution >= 0.6 is 11.3 Å². The van der Waals surface area contributed by atoms with Gasteiger partial charge in [-0.1, -0.05) is 27.4 Å². The van der Waals surface area contributed by atoms with Gasteiger partial charge < -0.3 is 9.47 Å². The Bertz CT molecular complexity index is 745. The Morgan fingerprint density at radius 3 is 2.80 bits per heavy atom. The number of rotatable bonds is 4. The Balaban J connectivity index is 1.48. The van der Waals surface area contributed by atoms with Gasteiger partial charge in [0, 0.05) is 16.2 Å². The molecule has 0 radical (unpaired) electrons. The second-order valence-electron chi connectivity index (χ2n) is 8.80. The molecule has 1 aromatic rings. The maximum absolute atomic E-state index is 9.59. The monoisotopic (exact) mass is 357 g/mol. The molecule has 1 aliphatic heterocycles. The summed E-state index contributed by atoms with van der Waals surface area (Å²) in [6.07, 6.45) is 2.93. The molecular formula is C21H27NO2S. The Morgan fingerprint density at radius 1 is 1.44 bits per heavy atom. The second kappa shape index (κ2) is 5.67. The summed E-state index contributed by atoms with van der Waals surface area (Å²) in [7, 11) is 0. The lowest BCUT2D eigenvalue weighted by Crippen LogP contribution is -2.38. The van der Waals surface area contributed by atoms with Gasteiger partial charge in [0.2, 0.25) is 0 Å². The molecule has 0 N–H and O–H groups in total. The van der Waals surface area contributed by atoms with Gasteiger partial charge in [-0.15, -0.1) is 11.3 Å². The molecule has 2 aliphatic carbocycles. The number of fused-ring (bicyclic) bond motifs is 5. The highest BCUT2D eigenvalue weighted by molar-refractivity contribution is 7.13. The van der Waals surface area contributed by atoms with Crippen LogP contribution < -0.4 is 0 Å². The summed E-state index contributed by atoms with van der Waals surface area (Å²) in [5.74, 6) is 1.29. The molecule has 2 saturated carbocycles. The predicted octanol–water partition coefficient (Wildman–Crippen LogP) is 5.55. The number of thiophene rings is 1. The molecule has 3 fully saturated rings. The first-order chi connectivity index (χ1) is 11.8. The zero-order valence-corrected chi connectivity index (χ0v) is 16.4. The average molecular weight is 358 g/mol. The van der Waals surface area contributed by atoms with Gasteiger partial charge in [0.25, 0.3) is 0 Å². The van der Waals surface area contributed by atoms with Gasteiger partial charge >= 0.3 is 0 Å². The molecule has 4 heteroatoms. The topological polar surface area (TPSA) is 42.2 Å². The van der Waals surface area contributed by atoms with Crippen LogP contribution in [0.2, 0.25) is 0 Å². The van der Waals surface area contributed by atoms with Gasteiger partial charge in [-0.25, -0.2) is 0 Å². The summed E-state index contributed by atoms with van der Waals surface area (Å²) in [5, 5.41) is 9.59. The minimum absolute atomic E-state index is 0.235. The molecule has 134 valence electrons. The summed E-state index contributed by atoms with van der Waals surface area (Å²) in [5.41, 5.74) is 1.59. The summed E-state index contributed by atoms with van der Waals surface area (Å²) >= 11 is 1.59. The highest BCUT2D eigenvalue weighted by Gasteiger charge is 2.69. The van der Waals surface area contributed by atoms with Crippen LogP contribution in [0, 0.1) is 34.0 Å². The number of ether oxygens (including phenoxy) is 2. The van der Waals surface area contributed by atoms with Crippen LogP contribution in [-0.2, 0) is 9.47 Å². The van der Waals surface area contributed by atoms with E-state index in [0.29, 0.717) is 17.3 Å². The highest BCUT2D eigenvalue weighted by atomic mass is 32.1. The van der Waals surface area contributed by atoms with E-state index in [1.54, 1.807) is 11.3 Å². The minimum Gasteiger partial charge on any atom is -0.348 e. The molecule has 3 aliphatic rings. The lowest BCUT2D eigenvalue weighted by Gasteiger charge is -2.38. The van der Waals surface area contributed by atoms with Crippen molar-refractivity contribution in [2.45, 2.75) is 65.5 Å². The van der Waals surface area contributed by atoms with E-state index in [1.165, 1.54) is 12.8 Å². The normalized spacial score (nSPS) is 39.2. The van der Waals surface area contributed by atoms with Crippen molar-refractivity contribution in [1.29, 1.82) is 5.26 Å². The third kappa shape index (κ3) is 2.36.